The Morgan fingerprint density at radius 3 is 2.44 bits per heavy atom. The summed E-state index contributed by atoms with van der Waals surface area (Å²) in [5, 5.41) is 0. The van der Waals surface area contributed by atoms with E-state index in [0.29, 0.717) is 31.6 Å². The minimum Gasteiger partial charge on any atom is -0.336 e. The first-order valence-corrected chi connectivity index (χ1v) is 12.7. The van der Waals surface area contributed by atoms with Gasteiger partial charge in [-0.15, -0.1) is 0 Å². The second kappa shape index (κ2) is 10.8. The maximum Gasteiger partial charge on any atom is 0.237 e. The molecule has 2 amide bonds. The summed E-state index contributed by atoms with van der Waals surface area (Å²) in [7, 11) is 2.22. The molecule has 2 saturated heterocycles. The molecule has 2 bridgehead atoms. The first-order valence-electron chi connectivity index (χ1n) is 12.7. The van der Waals surface area contributed by atoms with Crippen LogP contribution in [0.5, 0.6) is 0 Å². The van der Waals surface area contributed by atoms with Gasteiger partial charge in [0.1, 0.15) is 0 Å². The number of rotatable bonds is 3. The van der Waals surface area contributed by atoms with Crippen LogP contribution >= 0.6 is 0 Å². The molecule has 6 nitrogen and oxygen atoms in total. The third kappa shape index (κ3) is 5.34. The van der Waals surface area contributed by atoms with E-state index in [9.17, 15) is 9.59 Å². The lowest BCUT2D eigenvalue weighted by Crippen LogP contribution is -2.52. The summed E-state index contributed by atoms with van der Waals surface area (Å²) in [6.07, 6.45) is 8.64. The average Bonchev–Trinajstić information content (AvgIpc) is 2.82. The number of nitrogens with zero attached hydrogens (tertiary/aromatic N) is 4. The minimum atomic E-state index is 0.165. The van der Waals surface area contributed by atoms with Crippen molar-refractivity contribution in [1.29, 1.82) is 0 Å². The molecule has 3 heterocycles. The maximum absolute atomic E-state index is 13.5. The van der Waals surface area contributed by atoms with E-state index in [1.54, 1.807) is 0 Å². The summed E-state index contributed by atoms with van der Waals surface area (Å²) >= 11 is 0. The number of likely N-dealkylation sites (tertiary alicyclic amines) is 1. The van der Waals surface area contributed by atoms with Gasteiger partial charge in [-0.2, -0.15) is 0 Å². The van der Waals surface area contributed by atoms with E-state index in [1.807, 2.05) is 24.0 Å². The molecule has 32 heavy (non-hydrogen) atoms. The number of para-hydroxylation sites is 1. The average molecular weight is 441 g/mol. The van der Waals surface area contributed by atoms with E-state index in [-0.39, 0.29) is 11.8 Å². The van der Waals surface area contributed by atoms with Crippen molar-refractivity contribution in [1.82, 2.24) is 14.7 Å². The lowest BCUT2D eigenvalue weighted by molar-refractivity contribution is -0.134. The van der Waals surface area contributed by atoms with Crippen LogP contribution < -0.4 is 4.90 Å². The number of likely N-dealkylation sites (N-methyl/N-ethyl adjacent to an activating group) is 1. The van der Waals surface area contributed by atoms with Gasteiger partial charge in [0.2, 0.25) is 11.8 Å². The molecule has 0 aliphatic carbocycles. The molecule has 2 atom stereocenters. The van der Waals surface area contributed by atoms with E-state index in [0.717, 1.165) is 50.3 Å². The van der Waals surface area contributed by atoms with Gasteiger partial charge in [-0.05, 0) is 63.9 Å². The number of amides is 2. The highest BCUT2D eigenvalue weighted by atomic mass is 16.2. The number of fused-ring (bicyclic) bond motifs is 3. The first kappa shape index (κ1) is 23.2. The highest BCUT2D eigenvalue weighted by molar-refractivity contribution is 5.94. The van der Waals surface area contributed by atoms with Crippen molar-refractivity contribution in [3.8, 4) is 0 Å². The molecular weight excluding hydrogens is 400 g/mol. The van der Waals surface area contributed by atoms with Crippen molar-refractivity contribution in [3.63, 3.8) is 0 Å². The van der Waals surface area contributed by atoms with Crippen LogP contribution in [0, 0.1) is 0 Å². The summed E-state index contributed by atoms with van der Waals surface area (Å²) < 4.78 is 0. The monoisotopic (exact) mass is 440 g/mol. The van der Waals surface area contributed by atoms with Gasteiger partial charge >= 0.3 is 0 Å². The molecule has 2 unspecified atom stereocenters. The molecule has 6 heteroatoms. The topological polar surface area (TPSA) is 47.1 Å². The number of piperidine rings is 2. The zero-order valence-electron chi connectivity index (χ0n) is 20.0. The van der Waals surface area contributed by atoms with E-state index in [4.69, 9.17) is 0 Å². The van der Waals surface area contributed by atoms with Crippen LogP contribution in [-0.4, -0.2) is 78.4 Å². The molecule has 0 N–H and O–H groups in total. The number of carbonyl (C=O) groups excluding carboxylic acids is 2. The molecule has 0 radical (unpaired) electrons. The number of hydrogen-bond donors (Lipinski definition) is 0. The fraction of sp³-hybridized carbons (Fsp3) is 0.692. The molecule has 3 aliphatic heterocycles. The predicted molar refractivity (Wildman–Crippen MR) is 129 cm³/mol. The minimum absolute atomic E-state index is 0.165. The van der Waals surface area contributed by atoms with Crippen LogP contribution in [0.25, 0.3) is 0 Å². The van der Waals surface area contributed by atoms with Gasteiger partial charge in [-0.25, -0.2) is 0 Å². The Kier molecular flexibility index (Phi) is 7.84. The Bertz CT molecular complexity index is 792. The van der Waals surface area contributed by atoms with Gasteiger partial charge < -0.3 is 9.80 Å². The predicted octanol–water partition coefficient (Wildman–Crippen LogP) is 3.50. The van der Waals surface area contributed by atoms with Crippen LogP contribution in [0.4, 0.5) is 5.69 Å². The standard InChI is InChI=1S/C26H40N4O2/c1-3-25(31)30-17-14-22-11-9-12-23(27(22)2)19-29(18-21-10-5-6-13-24(21)30)26(32)20-28-15-7-4-8-16-28/h5-6,10,13,22-23H,3-4,7-9,11-12,14-20H2,1-2H3. The number of anilines is 1. The molecule has 1 aromatic carbocycles. The lowest BCUT2D eigenvalue weighted by atomic mass is 9.93. The van der Waals surface area contributed by atoms with E-state index < -0.39 is 0 Å². The van der Waals surface area contributed by atoms with Gasteiger partial charge in [0.05, 0.1) is 6.54 Å². The van der Waals surface area contributed by atoms with Gasteiger partial charge in [-0.3, -0.25) is 19.4 Å². The Hall–Kier alpha value is -1.92. The third-order valence-electron chi connectivity index (χ3n) is 7.75. The molecular formula is C26H40N4O2. The van der Waals surface area contributed by atoms with E-state index in [2.05, 4.69) is 33.9 Å². The highest BCUT2D eigenvalue weighted by Gasteiger charge is 2.33. The Morgan fingerprint density at radius 1 is 0.906 bits per heavy atom. The Balaban J connectivity index is 1.64. The zero-order valence-corrected chi connectivity index (χ0v) is 20.0. The number of carbonyl (C=O) groups is 2. The molecule has 3 aliphatic rings. The second-order valence-corrected chi connectivity index (χ2v) is 9.83. The smallest absolute Gasteiger partial charge is 0.237 e. The van der Waals surface area contributed by atoms with Crippen molar-refractivity contribution < 1.29 is 9.59 Å². The second-order valence-electron chi connectivity index (χ2n) is 9.83. The number of hydrogen-bond acceptors (Lipinski definition) is 4. The molecule has 0 saturated carbocycles. The summed E-state index contributed by atoms with van der Waals surface area (Å²) in [6, 6.07) is 9.05. The molecule has 2 fully saturated rings. The molecule has 0 aromatic heterocycles. The van der Waals surface area contributed by atoms with Crippen LogP contribution in [0.2, 0.25) is 0 Å². The fourth-order valence-electron chi connectivity index (χ4n) is 5.74. The third-order valence-corrected chi connectivity index (χ3v) is 7.75. The van der Waals surface area contributed by atoms with Crippen molar-refractivity contribution in [2.75, 3.05) is 44.7 Å². The lowest BCUT2D eigenvalue weighted by Gasteiger charge is -2.42. The Labute approximate surface area is 193 Å². The zero-order chi connectivity index (χ0) is 22.5. The summed E-state index contributed by atoms with van der Waals surface area (Å²) in [6.45, 7) is 6.60. The molecule has 176 valence electrons. The van der Waals surface area contributed by atoms with Crippen molar-refractivity contribution in [3.05, 3.63) is 29.8 Å². The van der Waals surface area contributed by atoms with Gasteiger partial charge in [0.15, 0.2) is 0 Å². The summed E-state index contributed by atoms with van der Waals surface area (Å²) in [4.78, 5) is 35.4. The summed E-state index contributed by atoms with van der Waals surface area (Å²) in [5.74, 6) is 0.391. The largest absolute Gasteiger partial charge is 0.336 e. The van der Waals surface area contributed by atoms with E-state index in [1.165, 1.54) is 32.1 Å². The van der Waals surface area contributed by atoms with Gasteiger partial charge in [-0.1, -0.05) is 38.0 Å². The number of benzene rings is 1. The van der Waals surface area contributed by atoms with Crippen LogP contribution in [-0.2, 0) is 16.1 Å². The molecule has 4 rings (SSSR count). The van der Waals surface area contributed by atoms with Gasteiger partial charge in [0, 0.05) is 43.8 Å². The van der Waals surface area contributed by atoms with Crippen molar-refractivity contribution in [2.45, 2.75) is 76.9 Å². The fourth-order valence-corrected chi connectivity index (χ4v) is 5.74. The summed E-state index contributed by atoms with van der Waals surface area (Å²) in [5.41, 5.74) is 2.06. The first-order chi connectivity index (χ1) is 15.6. The van der Waals surface area contributed by atoms with Crippen LogP contribution in [0.3, 0.4) is 0 Å². The highest BCUT2D eigenvalue weighted by Crippen LogP contribution is 2.30. The van der Waals surface area contributed by atoms with Gasteiger partial charge in [0.25, 0.3) is 0 Å². The van der Waals surface area contributed by atoms with Crippen LogP contribution in [0.1, 0.15) is 63.9 Å². The molecule has 0 spiro atoms. The maximum atomic E-state index is 13.5. The van der Waals surface area contributed by atoms with Crippen molar-refractivity contribution in [2.24, 2.45) is 0 Å². The van der Waals surface area contributed by atoms with Crippen molar-refractivity contribution >= 4 is 17.5 Å². The van der Waals surface area contributed by atoms with E-state index >= 15 is 0 Å². The molecule has 1 aromatic rings. The SMILES string of the molecule is CCC(=O)N1CCC2CCCC(CN(C(=O)CN3CCCCC3)Cc3ccccc31)N2C. The normalized spacial score (nSPS) is 25.7. The Morgan fingerprint density at radius 2 is 1.66 bits per heavy atom. The van der Waals surface area contributed by atoms with Crippen LogP contribution in [0.15, 0.2) is 24.3 Å². The quantitative estimate of drug-likeness (QED) is 0.722.